The molecule has 3 heteroatoms. The molecule has 1 heterocycles. The zero-order valence-electron chi connectivity index (χ0n) is 11.9. The van der Waals surface area contributed by atoms with Gasteiger partial charge in [-0.1, -0.05) is 44.2 Å². The van der Waals surface area contributed by atoms with Gasteiger partial charge in [-0.05, 0) is 24.4 Å². The molecule has 1 aromatic carbocycles. The van der Waals surface area contributed by atoms with Gasteiger partial charge >= 0.3 is 0 Å². The lowest BCUT2D eigenvalue weighted by Crippen LogP contribution is -2.50. The Bertz CT molecular complexity index is 404. The van der Waals surface area contributed by atoms with E-state index in [9.17, 15) is 4.79 Å². The van der Waals surface area contributed by atoms with E-state index >= 15 is 0 Å². The molecule has 0 aliphatic carbocycles. The van der Waals surface area contributed by atoms with Gasteiger partial charge < -0.3 is 10.2 Å². The summed E-state index contributed by atoms with van der Waals surface area (Å²) in [5, 5.41) is 3.51. The minimum Gasteiger partial charge on any atom is -0.342 e. The zero-order valence-corrected chi connectivity index (χ0v) is 11.9. The first-order valence-corrected chi connectivity index (χ1v) is 7.25. The van der Waals surface area contributed by atoms with Crippen LogP contribution in [0.3, 0.4) is 0 Å². The number of rotatable bonds is 4. The first-order valence-electron chi connectivity index (χ1n) is 7.25. The summed E-state index contributed by atoms with van der Waals surface area (Å²) in [4.78, 5) is 14.3. The first kappa shape index (κ1) is 14.1. The van der Waals surface area contributed by atoms with Crippen molar-refractivity contribution in [2.75, 3.05) is 19.6 Å². The molecule has 1 amide bonds. The number of carbonyl (C=O) groups is 1. The van der Waals surface area contributed by atoms with Crippen LogP contribution in [0.25, 0.3) is 0 Å². The molecule has 0 radical (unpaired) electrons. The average molecular weight is 260 g/mol. The third-order valence-electron chi connectivity index (χ3n) is 3.92. The molecule has 1 aliphatic heterocycles. The fourth-order valence-corrected chi connectivity index (χ4v) is 2.82. The van der Waals surface area contributed by atoms with E-state index in [2.05, 4.69) is 19.2 Å². The van der Waals surface area contributed by atoms with Gasteiger partial charge in [0.1, 0.15) is 0 Å². The van der Waals surface area contributed by atoms with Crippen molar-refractivity contribution in [3.8, 4) is 0 Å². The molecule has 104 valence electrons. The maximum absolute atomic E-state index is 12.3. The molecular formula is C16H24N2O. The third-order valence-corrected chi connectivity index (χ3v) is 3.92. The number of carbonyl (C=O) groups excluding carboxylic acids is 1. The lowest BCUT2D eigenvalue weighted by atomic mass is 9.93. The van der Waals surface area contributed by atoms with Gasteiger partial charge in [-0.15, -0.1) is 0 Å². The van der Waals surface area contributed by atoms with Crippen molar-refractivity contribution in [1.82, 2.24) is 10.2 Å². The van der Waals surface area contributed by atoms with Crippen molar-refractivity contribution in [1.29, 1.82) is 0 Å². The van der Waals surface area contributed by atoms with Gasteiger partial charge in [-0.25, -0.2) is 0 Å². The van der Waals surface area contributed by atoms with Crippen molar-refractivity contribution in [2.45, 2.75) is 32.7 Å². The number of benzene rings is 1. The highest BCUT2D eigenvalue weighted by atomic mass is 16.2. The average Bonchev–Trinajstić information content (AvgIpc) is 2.42. The molecule has 0 bridgehead atoms. The smallest absolute Gasteiger partial charge is 0.227 e. The summed E-state index contributed by atoms with van der Waals surface area (Å²) in [6, 6.07) is 10.6. The van der Waals surface area contributed by atoms with Crippen molar-refractivity contribution < 1.29 is 4.79 Å². The van der Waals surface area contributed by atoms with Crippen LogP contribution >= 0.6 is 0 Å². The molecule has 1 saturated heterocycles. The fourth-order valence-electron chi connectivity index (χ4n) is 2.82. The standard InChI is InChI=1S/C16H24N2O/c1-3-17-15-9-10-18(12-13(15)2)16(19)11-14-7-5-4-6-8-14/h4-8,13,15,17H,3,9-12H2,1-2H3. The Morgan fingerprint density at radius 2 is 2.11 bits per heavy atom. The van der Waals surface area contributed by atoms with Gasteiger partial charge in [0.2, 0.25) is 5.91 Å². The number of likely N-dealkylation sites (tertiary alicyclic amines) is 1. The van der Waals surface area contributed by atoms with Gasteiger partial charge in [-0.3, -0.25) is 4.79 Å². The third kappa shape index (κ3) is 3.80. The van der Waals surface area contributed by atoms with Crippen LogP contribution in [0.15, 0.2) is 30.3 Å². The van der Waals surface area contributed by atoms with Gasteiger partial charge in [-0.2, -0.15) is 0 Å². The van der Waals surface area contributed by atoms with E-state index in [1.165, 1.54) is 0 Å². The minimum atomic E-state index is 0.257. The van der Waals surface area contributed by atoms with Crippen LogP contribution in [0.2, 0.25) is 0 Å². The first-order chi connectivity index (χ1) is 9.20. The lowest BCUT2D eigenvalue weighted by Gasteiger charge is -2.37. The predicted octanol–water partition coefficient (Wildman–Crippen LogP) is 2.08. The van der Waals surface area contributed by atoms with E-state index in [-0.39, 0.29) is 5.91 Å². The van der Waals surface area contributed by atoms with Gasteiger partial charge in [0, 0.05) is 19.1 Å². The van der Waals surface area contributed by atoms with Crippen LogP contribution < -0.4 is 5.32 Å². The number of amides is 1. The molecule has 0 aromatic heterocycles. The number of nitrogens with zero attached hydrogens (tertiary/aromatic N) is 1. The Kier molecular flexibility index (Phi) is 4.97. The van der Waals surface area contributed by atoms with Crippen LogP contribution in [0, 0.1) is 5.92 Å². The van der Waals surface area contributed by atoms with Crippen LogP contribution in [-0.4, -0.2) is 36.5 Å². The lowest BCUT2D eigenvalue weighted by molar-refractivity contribution is -0.132. The highest BCUT2D eigenvalue weighted by Crippen LogP contribution is 2.17. The van der Waals surface area contributed by atoms with Crippen molar-refractivity contribution in [3.63, 3.8) is 0 Å². The molecule has 1 N–H and O–H groups in total. The Hall–Kier alpha value is -1.35. The zero-order chi connectivity index (χ0) is 13.7. The van der Waals surface area contributed by atoms with E-state index in [1.807, 2.05) is 35.2 Å². The summed E-state index contributed by atoms with van der Waals surface area (Å²) in [6.45, 7) is 7.14. The molecule has 0 spiro atoms. The monoisotopic (exact) mass is 260 g/mol. The molecule has 1 aromatic rings. The predicted molar refractivity (Wildman–Crippen MR) is 78.0 cm³/mol. The second kappa shape index (κ2) is 6.71. The van der Waals surface area contributed by atoms with Crippen molar-refractivity contribution in [2.24, 2.45) is 5.92 Å². The number of hydrogen-bond donors (Lipinski definition) is 1. The molecule has 3 nitrogen and oxygen atoms in total. The van der Waals surface area contributed by atoms with E-state index in [4.69, 9.17) is 0 Å². The van der Waals surface area contributed by atoms with E-state index in [1.54, 1.807) is 0 Å². The summed E-state index contributed by atoms with van der Waals surface area (Å²) >= 11 is 0. The van der Waals surface area contributed by atoms with E-state index in [0.717, 1.165) is 31.6 Å². The quantitative estimate of drug-likeness (QED) is 0.899. The topological polar surface area (TPSA) is 32.3 Å². The second-order valence-electron chi connectivity index (χ2n) is 5.43. The Morgan fingerprint density at radius 1 is 1.37 bits per heavy atom. The normalized spacial score (nSPS) is 23.4. The Labute approximate surface area is 116 Å². The maximum atomic E-state index is 12.3. The van der Waals surface area contributed by atoms with Crippen molar-refractivity contribution >= 4 is 5.91 Å². The molecule has 2 rings (SSSR count). The highest BCUT2D eigenvalue weighted by molar-refractivity contribution is 5.78. The number of hydrogen-bond acceptors (Lipinski definition) is 2. The second-order valence-corrected chi connectivity index (χ2v) is 5.43. The molecule has 1 fully saturated rings. The Morgan fingerprint density at radius 3 is 2.74 bits per heavy atom. The molecule has 19 heavy (non-hydrogen) atoms. The molecule has 1 aliphatic rings. The Balaban J connectivity index is 1.88. The van der Waals surface area contributed by atoms with E-state index in [0.29, 0.717) is 18.4 Å². The molecule has 0 saturated carbocycles. The van der Waals surface area contributed by atoms with Crippen LogP contribution in [0.1, 0.15) is 25.8 Å². The van der Waals surface area contributed by atoms with Gasteiger partial charge in [0.15, 0.2) is 0 Å². The van der Waals surface area contributed by atoms with Gasteiger partial charge in [0.25, 0.3) is 0 Å². The van der Waals surface area contributed by atoms with Gasteiger partial charge in [0.05, 0.1) is 6.42 Å². The molecule has 2 unspecified atom stereocenters. The largest absolute Gasteiger partial charge is 0.342 e. The van der Waals surface area contributed by atoms with Crippen molar-refractivity contribution in [3.05, 3.63) is 35.9 Å². The molecule has 2 atom stereocenters. The highest BCUT2D eigenvalue weighted by Gasteiger charge is 2.27. The summed E-state index contributed by atoms with van der Waals surface area (Å²) in [6.07, 6.45) is 1.59. The number of piperidine rings is 1. The SMILES string of the molecule is CCNC1CCN(C(=O)Cc2ccccc2)CC1C. The van der Waals surface area contributed by atoms with Crippen LogP contribution in [0.5, 0.6) is 0 Å². The summed E-state index contributed by atoms with van der Waals surface area (Å²) in [5.41, 5.74) is 1.11. The molecular weight excluding hydrogens is 236 g/mol. The van der Waals surface area contributed by atoms with Crippen LogP contribution in [0.4, 0.5) is 0 Å². The fraction of sp³-hybridized carbons (Fsp3) is 0.562. The van der Waals surface area contributed by atoms with Crippen LogP contribution in [-0.2, 0) is 11.2 Å². The summed E-state index contributed by atoms with van der Waals surface area (Å²) in [5.74, 6) is 0.793. The van der Waals surface area contributed by atoms with E-state index < -0.39 is 0 Å². The minimum absolute atomic E-state index is 0.257. The number of nitrogens with one attached hydrogen (secondary N) is 1. The summed E-state index contributed by atoms with van der Waals surface area (Å²) in [7, 11) is 0. The summed E-state index contributed by atoms with van der Waals surface area (Å²) < 4.78 is 0. The maximum Gasteiger partial charge on any atom is 0.227 e.